The highest BCUT2D eigenvalue weighted by Crippen LogP contribution is 2.26. The maximum Gasteiger partial charge on any atom is 0.223 e. The summed E-state index contributed by atoms with van der Waals surface area (Å²) in [6.45, 7) is 5.78. The van der Waals surface area contributed by atoms with Crippen LogP contribution in [0.25, 0.3) is 0 Å². The van der Waals surface area contributed by atoms with Crippen LogP contribution in [0.4, 0.5) is 0 Å². The van der Waals surface area contributed by atoms with Gasteiger partial charge in [0, 0.05) is 30.9 Å². The van der Waals surface area contributed by atoms with Gasteiger partial charge in [0.05, 0.1) is 26.8 Å². The van der Waals surface area contributed by atoms with Crippen molar-refractivity contribution in [3.05, 3.63) is 53.6 Å². The van der Waals surface area contributed by atoms with Crippen molar-refractivity contribution in [1.82, 2.24) is 5.32 Å². The molecule has 0 saturated carbocycles. The number of methoxy groups -OCH3 is 1. The van der Waals surface area contributed by atoms with E-state index in [0.717, 1.165) is 49.4 Å². The molecule has 2 aromatic rings. The number of amides is 1. The lowest BCUT2D eigenvalue weighted by Gasteiger charge is -2.28. The van der Waals surface area contributed by atoms with Gasteiger partial charge < -0.3 is 24.8 Å². The van der Waals surface area contributed by atoms with Crippen LogP contribution in [0.1, 0.15) is 30.9 Å². The zero-order valence-corrected chi connectivity index (χ0v) is 17.2. The van der Waals surface area contributed by atoms with E-state index in [1.54, 1.807) is 13.2 Å². The Kier molecular flexibility index (Phi) is 7.36. The minimum atomic E-state index is 0.0794. The van der Waals surface area contributed by atoms with Crippen molar-refractivity contribution in [2.75, 3.05) is 26.8 Å². The highest BCUT2D eigenvalue weighted by Gasteiger charge is 2.27. The molecule has 0 spiro atoms. The van der Waals surface area contributed by atoms with Crippen LogP contribution >= 0.6 is 0 Å². The zero-order chi connectivity index (χ0) is 20.6. The second-order valence-electron chi connectivity index (χ2n) is 7.50. The summed E-state index contributed by atoms with van der Waals surface area (Å²) < 4.78 is 10.6. The summed E-state index contributed by atoms with van der Waals surface area (Å²) in [7, 11) is 1.64. The van der Waals surface area contributed by atoms with Crippen LogP contribution in [0.2, 0.25) is 0 Å². The van der Waals surface area contributed by atoms with Crippen molar-refractivity contribution in [2.24, 2.45) is 5.92 Å². The van der Waals surface area contributed by atoms with Gasteiger partial charge in [0.25, 0.3) is 0 Å². The largest absolute Gasteiger partial charge is 0.504 e. The maximum atomic E-state index is 12.5. The first-order valence-corrected chi connectivity index (χ1v) is 10.3. The fourth-order valence-corrected chi connectivity index (χ4v) is 3.77. The van der Waals surface area contributed by atoms with Gasteiger partial charge in [0.1, 0.15) is 12.3 Å². The number of likely N-dealkylation sites (tertiary alicyclic amines) is 1. The molecule has 0 atom stereocenters. The summed E-state index contributed by atoms with van der Waals surface area (Å²) in [6.07, 6.45) is 1.78. The molecule has 1 saturated heterocycles. The van der Waals surface area contributed by atoms with Crippen molar-refractivity contribution in [3.63, 3.8) is 0 Å². The smallest absolute Gasteiger partial charge is 0.223 e. The van der Waals surface area contributed by atoms with Crippen molar-refractivity contribution in [1.29, 1.82) is 0 Å². The van der Waals surface area contributed by atoms with Gasteiger partial charge in [-0.1, -0.05) is 12.1 Å². The Morgan fingerprint density at radius 1 is 1.14 bits per heavy atom. The minimum absolute atomic E-state index is 0.0794. The van der Waals surface area contributed by atoms with Crippen molar-refractivity contribution in [3.8, 4) is 17.2 Å². The first-order valence-electron chi connectivity index (χ1n) is 10.3. The van der Waals surface area contributed by atoms with Gasteiger partial charge >= 0.3 is 0 Å². The molecule has 6 nitrogen and oxygen atoms in total. The third-order valence-electron chi connectivity index (χ3n) is 5.47. The number of nitrogens with one attached hydrogen (secondary N) is 2. The molecule has 1 fully saturated rings. The molecule has 156 valence electrons. The molecule has 3 rings (SSSR count). The van der Waals surface area contributed by atoms with Crippen LogP contribution in [0.3, 0.4) is 0 Å². The number of phenols is 1. The van der Waals surface area contributed by atoms with Crippen LogP contribution in [-0.4, -0.2) is 37.8 Å². The number of ether oxygens (including phenoxy) is 2. The Morgan fingerprint density at radius 2 is 1.83 bits per heavy atom. The molecule has 0 unspecified atom stereocenters. The molecular weight excluding hydrogens is 368 g/mol. The topological polar surface area (TPSA) is 72.2 Å². The predicted molar refractivity (Wildman–Crippen MR) is 111 cm³/mol. The molecule has 3 N–H and O–H groups in total. The summed E-state index contributed by atoms with van der Waals surface area (Å²) in [5, 5.41) is 12.9. The van der Waals surface area contributed by atoms with Crippen molar-refractivity contribution < 1.29 is 24.3 Å². The summed E-state index contributed by atoms with van der Waals surface area (Å²) in [5.41, 5.74) is 2.21. The Labute approximate surface area is 172 Å². The van der Waals surface area contributed by atoms with Crippen molar-refractivity contribution in [2.45, 2.75) is 32.9 Å². The Hall–Kier alpha value is -2.73. The molecule has 1 amide bonds. The van der Waals surface area contributed by atoms with E-state index >= 15 is 0 Å². The van der Waals surface area contributed by atoms with E-state index in [1.165, 1.54) is 4.90 Å². The van der Waals surface area contributed by atoms with Gasteiger partial charge in [-0.25, -0.2) is 0 Å². The molecule has 0 aliphatic carbocycles. The van der Waals surface area contributed by atoms with Crippen LogP contribution in [0.5, 0.6) is 17.2 Å². The standard InChI is InChI=1S/C23H30N2O4/c1-3-29-22-14-18(6-9-21(22)26)16-25-12-10-19(11-13-25)23(27)24-15-17-4-7-20(28-2)8-5-17/h4-9,14,19,26H,3,10-13,15-16H2,1-2H3,(H,24,27)/p+1. The second kappa shape index (κ2) is 10.2. The molecule has 1 aliphatic rings. The first-order chi connectivity index (χ1) is 14.1. The minimum Gasteiger partial charge on any atom is -0.504 e. The molecule has 29 heavy (non-hydrogen) atoms. The molecule has 1 aliphatic heterocycles. The lowest BCUT2D eigenvalue weighted by Crippen LogP contribution is -3.11. The summed E-state index contributed by atoms with van der Waals surface area (Å²) in [5.74, 6) is 1.76. The van der Waals surface area contributed by atoms with Gasteiger partial charge in [0.15, 0.2) is 11.5 Å². The number of carbonyl (C=O) groups excluding carboxylic acids is 1. The SMILES string of the molecule is CCOc1cc(C[NH+]2CCC(C(=O)NCc3ccc(OC)cc3)CC2)ccc1O. The number of hydrogen-bond donors (Lipinski definition) is 3. The average Bonchev–Trinajstić information content (AvgIpc) is 2.75. The monoisotopic (exact) mass is 399 g/mol. The molecule has 1 heterocycles. The molecule has 2 aromatic carbocycles. The number of rotatable bonds is 8. The van der Waals surface area contributed by atoms with Crippen LogP contribution in [0, 0.1) is 5.92 Å². The Bertz CT molecular complexity index is 799. The van der Waals surface area contributed by atoms with Gasteiger partial charge in [-0.15, -0.1) is 0 Å². The third kappa shape index (κ3) is 5.87. The van der Waals surface area contributed by atoms with Gasteiger partial charge in [-0.2, -0.15) is 0 Å². The number of quaternary nitrogens is 1. The number of carbonyl (C=O) groups is 1. The summed E-state index contributed by atoms with van der Waals surface area (Å²) >= 11 is 0. The number of phenolic OH excluding ortho intramolecular Hbond substituents is 1. The van der Waals surface area contributed by atoms with Crippen LogP contribution in [0.15, 0.2) is 42.5 Å². The lowest BCUT2D eigenvalue weighted by atomic mass is 9.95. The molecular formula is C23H31N2O4+. The van der Waals surface area contributed by atoms with Gasteiger partial charge in [-0.3, -0.25) is 4.79 Å². The average molecular weight is 400 g/mol. The van der Waals surface area contributed by atoms with E-state index < -0.39 is 0 Å². The normalized spacial score (nSPS) is 18.8. The zero-order valence-electron chi connectivity index (χ0n) is 17.2. The van der Waals surface area contributed by atoms with E-state index in [2.05, 4.69) is 5.32 Å². The summed E-state index contributed by atoms with van der Waals surface area (Å²) in [4.78, 5) is 14.0. The van der Waals surface area contributed by atoms with Crippen LogP contribution < -0.4 is 19.7 Å². The fourth-order valence-electron chi connectivity index (χ4n) is 3.77. The van der Waals surface area contributed by atoms with E-state index in [9.17, 15) is 9.90 Å². The second-order valence-corrected chi connectivity index (χ2v) is 7.50. The molecule has 0 aromatic heterocycles. The Balaban J connectivity index is 1.44. The highest BCUT2D eigenvalue weighted by molar-refractivity contribution is 5.78. The van der Waals surface area contributed by atoms with Crippen molar-refractivity contribution >= 4 is 5.91 Å². The third-order valence-corrected chi connectivity index (χ3v) is 5.47. The molecule has 0 bridgehead atoms. The van der Waals surface area contributed by atoms with Crippen LogP contribution in [-0.2, 0) is 17.9 Å². The van der Waals surface area contributed by atoms with E-state index in [0.29, 0.717) is 18.9 Å². The summed E-state index contributed by atoms with van der Waals surface area (Å²) in [6, 6.07) is 13.3. The molecule has 6 heteroatoms. The number of benzene rings is 2. The predicted octanol–water partition coefficient (Wildman–Crippen LogP) is 1.91. The van der Waals surface area contributed by atoms with Gasteiger partial charge in [-0.05, 0) is 42.8 Å². The fraction of sp³-hybridized carbons (Fsp3) is 0.435. The number of aromatic hydroxyl groups is 1. The maximum absolute atomic E-state index is 12.5. The van der Waals surface area contributed by atoms with E-state index in [4.69, 9.17) is 9.47 Å². The molecule has 0 radical (unpaired) electrons. The van der Waals surface area contributed by atoms with E-state index in [1.807, 2.05) is 43.3 Å². The Morgan fingerprint density at radius 3 is 2.48 bits per heavy atom. The highest BCUT2D eigenvalue weighted by atomic mass is 16.5. The number of hydrogen-bond acceptors (Lipinski definition) is 4. The van der Waals surface area contributed by atoms with E-state index in [-0.39, 0.29) is 17.6 Å². The lowest BCUT2D eigenvalue weighted by molar-refractivity contribution is -0.919. The number of piperidine rings is 1. The van der Waals surface area contributed by atoms with Gasteiger partial charge in [0.2, 0.25) is 5.91 Å². The first kappa shape index (κ1) is 21.0. The quantitative estimate of drug-likeness (QED) is 0.634.